The van der Waals surface area contributed by atoms with Crippen LogP contribution in [0.2, 0.25) is 0 Å². The summed E-state index contributed by atoms with van der Waals surface area (Å²) in [5.41, 5.74) is 0.950. The zero-order valence-corrected chi connectivity index (χ0v) is 17.3. The van der Waals surface area contributed by atoms with E-state index in [0.29, 0.717) is 5.89 Å². The molecule has 0 unspecified atom stereocenters. The third kappa shape index (κ3) is 5.29. The number of benzene rings is 2. The van der Waals surface area contributed by atoms with Gasteiger partial charge in [0, 0.05) is 19.2 Å². The number of aromatic nitrogens is 2. The predicted octanol–water partition coefficient (Wildman–Crippen LogP) is 2.58. The molecule has 0 spiro atoms. The predicted molar refractivity (Wildman–Crippen MR) is 107 cm³/mol. The Labute approximate surface area is 174 Å². The second-order valence-electron chi connectivity index (χ2n) is 6.27. The maximum Gasteiger partial charge on any atom is 0.338 e. The van der Waals surface area contributed by atoms with Crippen LogP contribution >= 0.6 is 0 Å². The van der Waals surface area contributed by atoms with Gasteiger partial charge >= 0.3 is 5.97 Å². The minimum absolute atomic E-state index is 0.0348. The summed E-state index contributed by atoms with van der Waals surface area (Å²) >= 11 is 0. The molecule has 0 radical (unpaired) electrons. The molecule has 0 amide bonds. The second-order valence-corrected chi connectivity index (χ2v) is 8.04. The van der Waals surface area contributed by atoms with Gasteiger partial charge in [0.25, 0.3) is 5.89 Å². The van der Waals surface area contributed by atoms with Gasteiger partial charge in [-0.1, -0.05) is 18.2 Å². The summed E-state index contributed by atoms with van der Waals surface area (Å²) in [6.45, 7) is 2.01. The molecule has 10 heteroatoms. The third-order valence-corrected chi connectivity index (χ3v) is 5.57. The van der Waals surface area contributed by atoms with E-state index < -0.39 is 22.1 Å². The SMILES string of the molecule is COCCNS(=O)(=O)c1ccc(C(=O)O[C@@H](C)c2nnc(-c3ccccc3)o2)cc1. The van der Waals surface area contributed by atoms with Crippen LogP contribution in [0.1, 0.15) is 29.3 Å². The van der Waals surface area contributed by atoms with Crippen molar-refractivity contribution in [3.05, 3.63) is 66.1 Å². The quantitative estimate of drug-likeness (QED) is 0.405. The van der Waals surface area contributed by atoms with Crippen LogP contribution in [-0.4, -0.2) is 44.8 Å². The normalized spacial score (nSPS) is 12.5. The maximum atomic E-state index is 12.4. The molecule has 1 atom stereocenters. The molecule has 3 rings (SSSR count). The molecule has 158 valence electrons. The van der Waals surface area contributed by atoms with Crippen LogP contribution in [0.15, 0.2) is 63.9 Å². The zero-order valence-electron chi connectivity index (χ0n) is 16.4. The Morgan fingerprint density at radius 2 is 1.80 bits per heavy atom. The summed E-state index contributed by atoms with van der Waals surface area (Å²) in [7, 11) is -2.20. The highest BCUT2D eigenvalue weighted by molar-refractivity contribution is 7.89. The van der Waals surface area contributed by atoms with Crippen molar-refractivity contribution in [1.29, 1.82) is 0 Å². The van der Waals surface area contributed by atoms with Crippen LogP contribution in [0.25, 0.3) is 11.5 Å². The summed E-state index contributed by atoms with van der Waals surface area (Å²) in [5.74, 6) is -0.161. The minimum Gasteiger partial charge on any atom is -0.449 e. The van der Waals surface area contributed by atoms with E-state index in [9.17, 15) is 13.2 Å². The van der Waals surface area contributed by atoms with E-state index in [4.69, 9.17) is 13.9 Å². The summed E-state index contributed by atoms with van der Waals surface area (Å²) in [4.78, 5) is 12.4. The zero-order chi connectivity index (χ0) is 21.6. The topological polar surface area (TPSA) is 121 Å². The van der Waals surface area contributed by atoms with Crippen molar-refractivity contribution in [2.75, 3.05) is 20.3 Å². The number of sulfonamides is 1. The first-order valence-electron chi connectivity index (χ1n) is 9.09. The largest absolute Gasteiger partial charge is 0.449 e. The van der Waals surface area contributed by atoms with Crippen molar-refractivity contribution < 1.29 is 27.1 Å². The van der Waals surface area contributed by atoms with Gasteiger partial charge in [-0.05, 0) is 43.3 Å². The molecule has 0 aliphatic rings. The molecule has 0 aliphatic heterocycles. The molecule has 30 heavy (non-hydrogen) atoms. The Morgan fingerprint density at radius 3 is 2.47 bits per heavy atom. The lowest BCUT2D eigenvalue weighted by Crippen LogP contribution is -2.27. The Morgan fingerprint density at radius 1 is 1.10 bits per heavy atom. The first-order valence-corrected chi connectivity index (χ1v) is 10.6. The molecule has 0 aliphatic carbocycles. The average molecular weight is 431 g/mol. The Hall–Kier alpha value is -3.08. The molecule has 3 aromatic rings. The van der Waals surface area contributed by atoms with Crippen molar-refractivity contribution in [2.24, 2.45) is 0 Å². The van der Waals surface area contributed by atoms with Gasteiger partial charge < -0.3 is 13.9 Å². The lowest BCUT2D eigenvalue weighted by Gasteiger charge is -2.10. The number of rotatable bonds is 9. The molecule has 1 heterocycles. The van der Waals surface area contributed by atoms with Crippen molar-refractivity contribution in [2.45, 2.75) is 17.9 Å². The molecular formula is C20H21N3O6S. The summed E-state index contributed by atoms with van der Waals surface area (Å²) in [6, 6.07) is 14.6. The molecule has 9 nitrogen and oxygen atoms in total. The summed E-state index contributed by atoms with van der Waals surface area (Å²) < 4.78 is 42.5. The highest BCUT2D eigenvalue weighted by Crippen LogP contribution is 2.23. The van der Waals surface area contributed by atoms with E-state index in [2.05, 4.69) is 14.9 Å². The molecule has 0 saturated carbocycles. The molecule has 1 N–H and O–H groups in total. The molecule has 2 aromatic carbocycles. The summed E-state index contributed by atoms with van der Waals surface area (Å²) in [6.07, 6.45) is -0.776. The Kier molecular flexibility index (Phi) is 6.93. The summed E-state index contributed by atoms with van der Waals surface area (Å²) in [5, 5.41) is 7.90. The van der Waals surface area contributed by atoms with Gasteiger partial charge in [0.2, 0.25) is 15.9 Å². The smallest absolute Gasteiger partial charge is 0.338 e. The van der Waals surface area contributed by atoms with Crippen LogP contribution in [0.5, 0.6) is 0 Å². The van der Waals surface area contributed by atoms with E-state index in [-0.39, 0.29) is 29.5 Å². The van der Waals surface area contributed by atoms with Crippen LogP contribution in [0.3, 0.4) is 0 Å². The van der Waals surface area contributed by atoms with Crippen molar-refractivity contribution >= 4 is 16.0 Å². The fourth-order valence-corrected chi connectivity index (χ4v) is 3.52. The van der Waals surface area contributed by atoms with Crippen molar-refractivity contribution in [3.8, 4) is 11.5 Å². The van der Waals surface area contributed by atoms with E-state index in [0.717, 1.165) is 5.56 Å². The fraction of sp³-hybridized carbons (Fsp3) is 0.250. The molecule has 0 fully saturated rings. The number of nitrogens with one attached hydrogen (secondary N) is 1. The van der Waals surface area contributed by atoms with E-state index in [1.807, 2.05) is 30.3 Å². The number of carbonyl (C=O) groups excluding carboxylic acids is 1. The number of carbonyl (C=O) groups is 1. The number of hydrogen-bond donors (Lipinski definition) is 1. The lowest BCUT2D eigenvalue weighted by molar-refractivity contribution is 0.0279. The van der Waals surface area contributed by atoms with Gasteiger partial charge in [0.05, 0.1) is 17.1 Å². The van der Waals surface area contributed by atoms with Gasteiger partial charge in [0.1, 0.15) is 0 Å². The number of esters is 1. The van der Waals surface area contributed by atoms with E-state index in [1.54, 1.807) is 6.92 Å². The van der Waals surface area contributed by atoms with Crippen LogP contribution in [0.4, 0.5) is 0 Å². The van der Waals surface area contributed by atoms with Crippen molar-refractivity contribution in [3.63, 3.8) is 0 Å². The average Bonchev–Trinajstić information content (AvgIpc) is 3.25. The second kappa shape index (κ2) is 9.61. The molecule has 1 aromatic heterocycles. The molecule has 0 bridgehead atoms. The maximum absolute atomic E-state index is 12.4. The molecule has 0 saturated heterocycles. The van der Waals surface area contributed by atoms with Crippen LogP contribution < -0.4 is 4.72 Å². The van der Waals surface area contributed by atoms with Crippen LogP contribution in [0, 0.1) is 0 Å². The monoisotopic (exact) mass is 431 g/mol. The van der Waals surface area contributed by atoms with Gasteiger partial charge in [-0.25, -0.2) is 17.9 Å². The number of methoxy groups -OCH3 is 1. The van der Waals surface area contributed by atoms with Gasteiger partial charge in [-0.3, -0.25) is 0 Å². The van der Waals surface area contributed by atoms with Gasteiger partial charge in [-0.15, -0.1) is 10.2 Å². The highest BCUT2D eigenvalue weighted by atomic mass is 32.2. The number of hydrogen-bond acceptors (Lipinski definition) is 8. The Bertz CT molecular complexity index is 1080. The van der Waals surface area contributed by atoms with Crippen LogP contribution in [-0.2, 0) is 19.5 Å². The highest BCUT2D eigenvalue weighted by Gasteiger charge is 2.21. The van der Waals surface area contributed by atoms with Gasteiger partial charge in [0.15, 0.2) is 6.10 Å². The Balaban J connectivity index is 1.64. The fourth-order valence-electron chi connectivity index (χ4n) is 2.51. The molecular weight excluding hydrogens is 410 g/mol. The standard InChI is InChI=1S/C20H21N3O6S/c1-14(18-22-23-19(29-18)15-6-4-3-5-7-15)28-20(24)16-8-10-17(11-9-16)30(25,26)21-12-13-27-2/h3-11,14,21H,12-13H2,1-2H3/t14-/m0/s1. The van der Waals surface area contributed by atoms with E-state index >= 15 is 0 Å². The minimum atomic E-state index is -3.68. The number of nitrogens with zero attached hydrogens (tertiary/aromatic N) is 2. The van der Waals surface area contributed by atoms with E-state index in [1.165, 1.54) is 31.4 Å². The van der Waals surface area contributed by atoms with Crippen molar-refractivity contribution in [1.82, 2.24) is 14.9 Å². The first kappa shape index (κ1) is 21.6. The lowest BCUT2D eigenvalue weighted by atomic mass is 10.2. The van der Waals surface area contributed by atoms with Gasteiger partial charge in [-0.2, -0.15) is 0 Å². The number of ether oxygens (including phenoxy) is 2. The third-order valence-electron chi connectivity index (χ3n) is 4.09. The first-order chi connectivity index (χ1) is 14.4.